The van der Waals surface area contributed by atoms with Crippen molar-refractivity contribution in [2.75, 3.05) is 13.7 Å². The van der Waals surface area contributed by atoms with E-state index in [1.54, 1.807) is 0 Å². The van der Waals surface area contributed by atoms with Crippen molar-refractivity contribution in [3.63, 3.8) is 0 Å². The molecule has 0 rings (SSSR count). The van der Waals surface area contributed by atoms with Crippen molar-refractivity contribution in [2.24, 2.45) is 0 Å². The summed E-state index contributed by atoms with van der Waals surface area (Å²) in [6, 6.07) is -1.26. The molecule has 0 unspecified atom stereocenters. The van der Waals surface area contributed by atoms with Crippen molar-refractivity contribution in [3.8, 4) is 0 Å². The van der Waals surface area contributed by atoms with Crippen LogP contribution in [0, 0.1) is 0 Å². The quantitative estimate of drug-likeness (QED) is 0.515. The lowest BCUT2D eigenvalue weighted by atomic mass is 10.2. The SMILES string of the molecule is COCCC(=O)N[C@H](C(=O)O)[C@@H](C)O. The van der Waals surface area contributed by atoms with Crippen LogP contribution in [0.5, 0.6) is 0 Å². The summed E-state index contributed by atoms with van der Waals surface area (Å²) in [5.41, 5.74) is 0. The average Bonchev–Trinajstić information content (AvgIpc) is 2.09. The highest BCUT2D eigenvalue weighted by atomic mass is 16.5. The van der Waals surface area contributed by atoms with Gasteiger partial charge in [-0.25, -0.2) is 4.79 Å². The van der Waals surface area contributed by atoms with Crippen molar-refractivity contribution in [1.29, 1.82) is 0 Å². The van der Waals surface area contributed by atoms with E-state index < -0.39 is 24.0 Å². The summed E-state index contributed by atoms with van der Waals surface area (Å²) >= 11 is 0. The molecular formula is C8H15NO5. The molecule has 2 atom stereocenters. The highest BCUT2D eigenvalue weighted by molar-refractivity contribution is 5.83. The van der Waals surface area contributed by atoms with Gasteiger partial charge < -0.3 is 20.3 Å². The Morgan fingerprint density at radius 3 is 2.43 bits per heavy atom. The number of methoxy groups -OCH3 is 1. The number of carbonyl (C=O) groups excluding carboxylic acids is 1. The number of aliphatic hydroxyl groups is 1. The second-order valence-electron chi connectivity index (χ2n) is 2.87. The molecule has 3 N–H and O–H groups in total. The number of nitrogens with one attached hydrogen (secondary N) is 1. The van der Waals surface area contributed by atoms with Gasteiger partial charge >= 0.3 is 5.97 Å². The summed E-state index contributed by atoms with van der Waals surface area (Å²) in [5, 5.41) is 19.8. The monoisotopic (exact) mass is 205 g/mol. The summed E-state index contributed by atoms with van der Waals surface area (Å²) < 4.78 is 4.64. The van der Waals surface area contributed by atoms with Crippen LogP contribution in [0.1, 0.15) is 13.3 Å². The zero-order valence-electron chi connectivity index (χ0n) is 8.19. The number of aliphatic carboxylic acids is 1. The molecule has 0 aliphatic carbocycles. The van der Waals surface area contributed by atoms with Crippen LogP contribution >= 0.6 is 0 Å². The molecule has 0 aromatic rings. The van der Waals surface area contributed by atoms with E-state index >= 15 is 0 Å². The Morgan fingerprint density at radius 2 is 2.07 bits per heavy atom. The van der Waals surface area contributed by atoms with E-state index in [0.717, 1.165) is 0 Å². The maximum atomic E-state index is 11.1. The Bertz CT molecular complexity index is 204. The van der Waals surface area contributed by atoms with Gasteiger partial charge in [-0.1, -0.05) is 0 Å². The molecule has 0 bridgehead atoms. The minimum absolute atomic E-state index is 0.0764. The molecule has 6 nitrogen and oxygen atoms in total. The number of amides is 1. The molecule has 14 heavy (non-hydrogen) atoms. The van der Waals surface area contributed by atoms with Gasteiger partial charge in [0.15, 0.2) is 6.04 Å². The molecule has 1 amide bonds. The van der Waals surface area contributed by atoms with E-state index in [9.17, 15) is 9.59 Å². The normalized spacial score (nSPS) is 14.5. The number of carbonyl (C=O) groups is 2. The van der Waals surface area contributed by atoms with Crippen molar-refractivity contribution in [2.45, 2.75) is 25.5 Å². The first-order valence-corrected chi connectivity index (χ1v) is 4.18. The summed E-state index contributed by atoms with van der Waals surface area (Å²) in [5.74, 6) is -1.72. The van der Waals surface area contributed by atoms with Crippen molar-refractivity contribution in [3.05, 3.63) is 0 Å². The molecule has 0 saturated carbocycles. The van der Waals surface area contributed by atoms with Crippen molar-refractivity contribution >= 4 is 11.9 Å². The fourth-order valence-corrected chi connectivity index (χ4v) is 0.829. The predicted octanol–water partition coefficient (Wildman–Crippen LogP) is -1.03. The molecule has 0 aliphatic rings. The number of ether oxygens (including phenoxy) is 1. The smallest absolute Gasteiger partial charge is 0.328 e. The third-order valence-corrected chi connectivity index (χ3v) is 1.60. The van der Waals surface area contributed by atoms with E-state index in [-0.39, 0.29) is 13.0 Å². The summed E-state index contributed by atoms with van der Waals surface area (Å²) in [6.45, 7) is 1.52. The largest absolute Gasteiger partial charge is 0.480 e. The average molecular weight is 205 g/mol. The Labute approximate surface area is 81.9 Å². The number of carboxylic acids is 1. The van der Waals surface area contributed by atoms with Crippen molar-refractivity contribution in [1.82, 2.24) is 5.32 Å². The van der Waals surface area contributed by atoms with Crippen LogP contribution in [0.25, 0.3) is 0 Å². The Balaban J connectivity index is 4.04. The molecule has 0 aliphatic heterocycles. The topological polar surface area (TPSA) is 95.9 Å². The van der Waals surface area contributed by atoms with E-state index in [4.69, 9.17) is 10.2 Å². The fraction of sp³-hybridized carbons (Fsp3) is 0.750. The summed E-state index contributed by atoms with van der Waals surface area (Å²) in [6.07, 6.45) is -1.05. The van der Waals surface area contributed by atoms with Gasteiger partial charge in [0.05, 0.1) is 12.7 Å². The fourth-order valence-electron chi connectivity index (χ4n) is 0.829. The van der Waals surface area contributed by atoms with Crippen LogP contribution in [0.4, 0.5) is 0 Å². The van der Waals surface area contributed by atoms with Crippen LogP contribution in [0.3, 0.4) is 0 Å². The lowest BCUT2D eigenvalue weighted by Gasteiger charge is -2.16. The van der Waals surface area contributed by atoms with Gasteiger partial charge in [-0.2, -0.15) is 0 Å². The standard InChI is InChI=1S/C8H15NO5/c1-5(10)7(8(12)13)9-6(11)3-4-14-2/h5,7,10H,3-4H2,1-2H3,(H,9,11)(H,12,13)/t5-,7+/m1/s1. The molecule has 6 heteroatoms. The summed E-state index contributed by atoms with van der Waals surface area (Å²) in [7, 11) is 1.44. The maximum Gasteiger partial charge on any atom is 0.328 e. The molecule has 0 aromatic carbocycles. The highest BCUT2D eigenvalue weighted by Crippen LogP contribution is 1.94. The van der Waals surface area contributed by atoms with E-state index in [1.807, 2.05) is 0 Å². The van der Waals surface area contributed by atoms with Crippen LogP contribution < -0.4 is 5.32 Å². The first kappa shape index (κ1) is 12.9. The van der Waals surface area contributed by atoms with E-state index in [2.05, 4.69) is 10.1 Å². The predicted molar refractivity (Wildman–Crippen MR) is 47.7 cm³/mol. The van der Waals surface area contributed by atoms with Crippen LogP contribution in [-0.2, 0) is 14.3 Å². The molecular weight excluding hydrogens is 190 g/mol. The Kier molecular flexibility index (Phi) is 5.82. The first-order chi connectivity index (χ1) is 6.49. The van der Waals surface area contributed by atoms with Gasteiger partial charge in [-0.15, -0.1) is 0 Å². The van der Waals surface area contributed by atoms with Crippen LogP contribution in [0.15, 0.2) is 0 Å². The zero-order valence-corrected chi connectivity index (χ0v) is 8.19. The van der Waals surface area contributed by atoms with Crippen LogP contribution in [-0.4, -0.2) is 48.0 Å². The van der Waals surface area contributed by atoms with Gasteiger partial charge in [-0.05, 0) is 6.92 Å². The second kappa shape index (κ2) is 6.33. The molecule has 0 saturated heterocycles. The van der Waals surface area contributed by atoms with Gasteiger partial charge in [0, 0.05) is 13.5 Å². The third-order valence-electron chi connectivity index (χ3n) is 1.60. The maximum absolute atomic E-state index is 11.1. The number of carboxylic acid groups (broad SMARTS) is 1. The third kappa shape index (κ3) is 4.78. The first-order valence-electron chi connectivity index (χ1n) is 4.18. The molecule has 0 heterocycles. The Hall–Kier alpha value is -1.14. The number of hydrogen-bond acceptors (Lipinski definition) is 4. The zero-order chi connectivity index (χ0) is 11.1. The van der Waals surface area contributed by atoms with Crippen molar-refractivity contribution < 1.29 is 24.5 Å². The number of hydrogen-bond donors (Lipinski definition) is 3. The lowest BCUT2D eigenvalue weighted by Crippen LogP contribution is -2.47. The minimum atomic E-state index is -1.26. The van der Waals surface area contributed by atoms with Crippen LogP contribution in [0.2, 0.25) is 0 Å². The lowest BCUT2D eigenvalue weighted by molar-refractivity contribution is -0.144. The van der Waals surface area contributed by atoms with E-state index in [1.165, 1.54) is 14.0 Å². The molecule has 0 radical (unpaired) electrons. The summed E-state index contributed by atoms with van der Waals surface area (Å²) in [4.78, 5) is 21.6. The molecule has 0 fully saturated rings. The van der Waals surface area contributed by atoms with Gasteiger partial charge in [-0.3, -0.25) is 4.79 Å². The second-order valence-corrected chi connectivity index (χ2v) is 2.87. The number of aliphatic hydroxyl groups excluding tert-OH is 1. The minimum Gasteiger partial charge on any atom is -0.480 e. The highest BCUT2D eigenvalue weighted by Gasteiger charge is 2.24. The molecule has 82 valence electrons. The van der Waals surface area contributed by atoms with Gasteiger partial charge in [0.2, 0.25) is 5.91 Å². The van der Waals surface area contributed by atoms with Gasteiger partial charge in [0.1, 0.15) is 0 Å². The number of rotatable bonds is 6. The Morgan fingerprint density at radius 1 is 1.50 bits per heavy atom. The van der Waals surface area contributed by atoms with E-state index in [0.29, 0.717) is 0 Å². The van der Waals surface area contributed by atoms with Gasteiger partial charge in [0.25, 0.3) is 0 Å². The molecule has 0 aromatic heterocycles. The molecule has 0 spiro atoms.